The number of phenolic OH excluding ortho intramolecular Hbond substituents is 3. The second kappa shape index (κ2) is 10.9. The molecule has 4 aromatic carbocycles. The van der Waals surface area contributed by atoms with Crippen molar-refractivity contribution in [2.45, 2.75) is 0 Å². The maximum absolute atomic E-state index is 12.3. The van der Waals surface area contributed by atoms with E-state index in [1.165, 1.54) is 18.2 Å². The van der Waals surface area contributed by atoms with Gasteiger partial charge in [0.25, 0.3) is 0 Å². The van der Waals surface area contributed by atoms with Gasteiger partial charge in [-0.1, -0.05) is 76.6 Å². The fourth-order valence-electron chi connectivity index (χ4n) is 2.91. The first kappa shape index (κ1) is 24.2. The number of ketones is 2. The number of halogens is 2. The molecule has 0 atom stereocenters. The van der Waals surface area contributed by atoms with Gasteiger partial charge < -0.3 is 15.3 Å². The molecule has 0 heterocycles. The van der Waals surface area contributed by atoms with Crippen molar-refractivity contribution in [2.75, 3.05) is 0 Å². The molecule has 0 aliphatic heterocycles. The van der Waals surface area contributed by atoms with Gasteiger partial charge in [-0.2, -0.15) is 0 Å². The summed E-state index contributed by atoms with van der Waals surface area (Å²) in [5.74, 6) is -1.29. The number of carbonyl (C=O) groups excluding carboxylic acids is 2. The topological polar surface area (TPSA) is 94.8 Å². The molecule has 0 aliphatic rings. The Morgan fingerprint density at radius 3 is 1.61 bits per heavy atom. The summed E-state index contributed by atoms with van der Waals surface area (Å²) in [5, 5.41) is 28.5. The highest BCUT2D eigenvalue weighted by Crippen LogP contribution is 2.34. The first-order valence-corrected chi connectivity index (χ1v) is 11.3. The lowest BCUT2D eigenvalue weighted by Gasteiger charge is -2.08. The summed E-state index contributed by atoms with van der Waals surface area (Å²) < 4.78 is 0.972. The predicted molar refractivity (Wildman–Crippen MR) is 133 cm³/mol. The first-order chi connectivity index (χ1) is 15.8. The van der Waals surface area contributed by atoms with E-state index in [2.05, 4.69) is 31.9 Å². The van der Waals surface area contributed by atoms with Crippen molar-refractivity contribution in [2.24, 2.45) is 0 Å². The third-order valence-electron chi connectivity index (χ3n) is 4.58. The van der Waals surface area contributed by atoms with E-state index in [0.717, 1.165) is 17.2 Å². The Morgan fingerprint density at radius 1 is 0.545 bits per heavy atom. The molecule has 3 N–H and O–H groups in total. The molecule has 0 saturated heterocycles. The number of phenols is 3. The highest BCUT2D eigenvalue weighted by molar-refractivity contribution is 9.10. The quantitative estimate of drug-likeness (QED) is 0.193. The second-order valence-corrected chi connectivity index (χ2v) is 8.64. The lowest BCUT2D eigenvalue weighted by molar-refractivity contribution is 0.102. The van der Waals surface area contributed by atoms with Crippen molar-refractivity contribution in [3.05, 3.63) is 122 Å². The average Bonchev–Trinajstić information content (AvgIpc) is 2.83. The molecule has 0 radical (unpaired) electrons. The van der Waals surface area contributed by atoms with E-state index in [1.807, 2.05) is 60.7 Å². The second-order valence-electron chi connectivity index (χ2n) is 6.87. The van der Waals surface area contributed by atoms with Crippen LogP contribution in [0.15, 0.2) is 99.9 Å². The zero-order valence-electron chi connectivity index (χ0n) is 17.1. The number of aromatic hydroxyl groups is 3. The van der Waals surface area contributed by atoms with Gasteiger partial charge in [0.05, 0.1) is 5.56 Å². The van der Waals surface area contributed by atoms with E-state index in [1.54, 1.807) is 6.07 Å². The Morgan fingerprint density at radius 2 is 1.06 bits per heavy atom. The number of hydrogen-bond acceptors (Lipinski definition) is 5. The van der Waals surface area contributed by atoms with Gasteiger partial charge in [-0.15, -0.1) is 0 Å². The zero-order chi connectivity index (χ0) is 24.0. The third kappa shape index (κ3) is 6.09. The summed E-state index contributed by atoms with van der Waals surface area (Å²) in [6.45, 7) is 0. The van der Waals surface area contributed by atoms with Crippen molar-refractivity contribution >= 4 is 43.4 Å². The Kier molecular flexibility index (Phi) is 8.03. The molecule has 0 aromatic heterocycles. The van der Waals surface area contributed by atoms with Crippen LogP contribution in [0.25, 0.3) is 0 Å². The van der Waals surface area contributed by atoms with E-state index in [4.69, 9.17) is 0 Å². The predicted octanol–water partition coefficient (Wildman–Crippen LogP) is 6.48. The number of hydrogen-bond donors (Lipinski definition) is 3. The first-order valence-electron chi connectivity index (χ1n) is 9.67. The van der Waals surface area contributed by atoms with Crippen LogP contribution < -0.4 is 0 Å². The van der Waals surface area contributed by atoms with Crippen LogP contribution in [0.2, 0.25) is 0 Å². The fraction of sp³-hybridized carbons (Fsp3) is 0. The van der Waals surface area contributed by atoms with Gasteiger partial charge in [0.1, 0.15) is 5.75 Å². The molecule has 0 spiro atoms. The molecule has 4 aromatic rings. The Labute approximate surface area is 207 Å². The molecule has 0 amide bonds. The van der Waals surface area contributed by atoms with Crippen LogP contribution in [0, 0.1) is 0 Å². The lowest BCUT2D eigenvalue weighted by Crippen LogP contribution is -2.03. The summed E-state index contributed by atoms with van der Waals surface area (Å²) >= 11 is 6.35. The van der Waals surface area contributed by atoms with E-state index in [9.17, 15) is 24.9 Å². The minimum atomic E-state index is -0.471. The van der Waals surface area contributed by atoms with Crippen LogP contribution in [0.5, 0.6) is 17.2 Å². The van der Waals surface area contributed by atoms with Crippen molar-refractivity contribution in [1.82, 2.24) is 0 Å². The SMILES string of the molecule is O=C(c1cc(Br)ccc1O)c1cc(O)c(O)cc1Br.O=C(c1ccccc1)c1ccccc1. The average molecular weight is 570 g/mol. The molecule has 5 nitrogen and oxygen atoms in total. The van der Waals surface area contributed by atoms with Crippen LogP contribution in [0.4, 0.5) is 0 Å². The van der Waals surface area contributed by atoms with Crippen LogP contribution >= 0.6 is 31.9 Å². The smallest absolute Gasteiger partial charge is 0.198 e. The molecule has 33 heavy (non-hydrogen) atoms. The van der Waals surface area contributed by atoms with Crippen LogP contribution in [0.1, 0.15) is 31.8 Å². The van der Waals surface area contributed by atoms with Crippen LogP contribution in [0.3, 0.4) is 0 Å². The lowest BCUT2D eigenvalue weighted by atomic mass is 10.0. The molecule has 0 fully saturated rings. The van der Waals surface area contributed by atoms with Gasteiger partial charge in [-0.25, -0.2) is 0 Å². The van der Waals surface area contributed by atoms with Gasteiger partial charge in [0.15, 0.2) is 23.1 Å². The molecule has 0 bridgehead atoms. The van der Waals surface area contributed by atoms with Gasteiger partial charge in [0.2, 0.25) is 0 Å². The molecule has 166 valence electrons. The van der Waals surface area contributed by atoms with Gasteiger partial charge in [-0.3, -0.25) is 9.59 Å². The Hall–Kier alpha value is -3.42. The van der Waals surface area contributed by atoms with Crippen molar-refractivity contribution in [3.63, 3.8) is 0 Å². The molecule has 0 aliphatic carbocycles. The minimum absolute atomic E-state index is 0.0752. The molecule has 0 saturated carbocycles. The highest BCUT2D eigenvalue weighted by atomic mass is 79.9. The number of benzene rings is 4. The summed E-state index contributed by atoms with van der Waals surface area (Å²) in [4.78, 5) is 24.1. The van der Waals surface area contributed by atoms with Gasteiger partial charge >= 0.3 is 0 Å². The van der Waals surface area contributed by atoms with Gasteiger partial charge in [-0.05, 0) is 46.3 Å². The molecular weight excluding hydrogens is 552 g/mol. The largest absolute Gasteiger partial charge is 0.507 e. The van der Waals surface area contributed by atoms with Gasteiger partial charge in [0, 0.05) is 25.6 Å². The Bertz CT molecular complexity index is 1250. The molecule has 4 rings (SSSR count). The fourth-order valence-corrected chi connectivity index (χ4v) is 3.78. The zero-order valence-corrected chi connectivity index (χ0v) is 20.2. The molecule has 0 unspecified atom stereocenters. The number of carbonyl (C=O) groups is 2. The van der Waals surface area contributed by atoms with Crippen molar-refractivity contribution in [1.29, 1.82) is 0 Å². The van der Waals surface area contributed by atoms with E-state index < -0.39 is 11.5 Å². The van der Waals surface area contributed by atoms with E-state index in [0.29, 0.717) is 8.95 Å². The molecule has 7 heteroatoms. The maximum Gasteiger partial charge on any atom is 0.198 e. The normalized spacial score (nSPS) is 10.1. The number of rotatable bonds is 4. The van der Waals surface area contributed by atoms with E-state index >= 15 is 0 Å². The third-order valence-corrected chi connectivity index (χ3v) is 5.73. The standard InChI is InChI=1S/C13H8Br2O4.C13H10O/c14-6-1-2-10(16)8(3-6)13(19)7-4-11(17)12(18)5-9(7)15;14-13(11-7-3-1-4-8-11)12-9-5-2-6-10-12/h1-5,16-18H;1-10H. The minimum Gasteiger partial charge on any atom is -0.507 e. The van der Waals surface area contributed by atoms with Crippen LogP contribution in [-0.4, -0.2) is 26.9 Å². The van der Waals surface area contributed by atoms with Crippen LogP contribution in [-0.2, 0) is 0 Å². The summed E-state index contributed by atoms with van der Waals surface area (Å²) in [6, 6.07) is 25.5. The summed E-state index contributed by atoms with van der Waals surface area (Å²) in [6.07, 6.45) is 0. The maximum atomic E-state index is 12.3. The summed E-state index contributed by atoms with van der Waals surface area (Å²) in [5.41, 5.74) is 1.71. The highest BCUT2D eigenvalue weighted by Gasteiger charge is 2.19. The monoisotopic (exact) mass is 568 g/mol. The molecular formula is C26H18Br2O5. The van der Waals surface area contributed by atoms with Crippen molar-refractivity contribution in [3.8, 4) is 17.2 Å². The summed E-state index contributed by atoms with van der Waals surface area (Å²) in [7, 11) is 0. The van der Waals surface area contributed by atoms with Crippen molar-refractivity contribution < 1.29 is 24.9 Å². The van der Waals surface area contributed by atoms with E-state index in [-0.39, 0.29) is 28.4 Å². The Balaban J connectivity index is 0.000000194.